The van der Waals surface area contributed by atoms with Crippen molar-refractivity contribution in [3.8, 4) is 0 Å². The molecule has 0 bridgehead atoms. The van der Waals surface area contributed by atoms with Crippen molar-refractivity contribution in [2.45, 2.75) is 49.3 Å². The van der Waals surface area contributed by atoms with Crippen molar-refractivity contribution in [2.24, 2.45) is 0 Å². The summed E-state index contributed by atoms with van der Waals surface area (Å²) in [6.45, 7) is 3.77. The predicted molar refractivity (Wildman–Crippen MR) is 73.3 cm³/mol. The Hall–Kier alpha value is -0.870. The molecule has 1 saturated carbocycles. The molecule has 0 heterocycles. The van der Waals surface area contributed by atoms with Crippen molar-refractivity contribution in [1.29, 1.82) is 0 Å². The summed E-state index contributed by atoms with van der Waals surface area (Å²) >= 11 is 0. The Labute approximate surface area is 110 Å². The zero-order valence-electron chi connectivity index (χ0n) is 10.9. The Kier molecular flexibility index (Phi) is 4.40. The average molecular weight is 267 g/mol. The van der Waals surface area contributed by atoms with E-state index in [0.29, 0.717) is 4.90 Å². The second kappa shape index (κ2) is 5.85. The van der Waals surface area contributed by atoms with Crippen molar-refractivity contribution in [2.75, 3.05) is 6.54 Å². The van der Waals surface area contributed by atoms with Gasteiger partial charge in [0.25, 0.3) is 0 Å². The quantitative estimate of drug-likeness (QED) is 0.891. The van der Waals surface area contributed by atoms with Crippen LogP contribution in [0, 0.1) is 0 Å². The van der Waals surface area contributed by atoms with E-state index < -0.39 is 9.84 Å². The molecule has 0 atom stereocenters. The molecular formula is C14H21NO2S. The van der Waals surface area contributed by atoms with Gasteiger partial charge in [0.15, 0.2) is 9.84 Å². The number of hydrogen-bond donors (Lipinski definition) is 1. The van der Waals surface area contributed by atoms with E-state index in [1.54, 1.807) is 12.1 Å². The van der Waals surface area contributed by atoms with Crippen LogP contribution in [0.3, 0.4) is 0 Å². The molecule has 0 saturated heterocycles. The van der Waals surface area contributed by atoms with E-state index in [4.69, 9.17) is 0 Å². The van der Waals surface area contributed by atoms with E-state index in [2.05, 4.69) is 12.2 Å². The molecule has 0 radical (unpaired) electrons. The van der Waals surface area contributed by atoms with Gasteiger partial charge in [0, 0.05) is 6.54 Å². The molecule has 0 aromatic heterocycles. The summed E-state index contributed by atoms with van der Waals surface area (Å²) in [6.07, 6.45) is 3.73. The fourth-order valence-electron chi connectivity index (χ4n) is 2.46. The smallest absolute Gasteiger partial charge is 0.181 e. The zero-order chi connectivity index (χ0) is 13.0. The molecule has 0 unspecified atom stereocenters. The maximum atomic E-state index is 12.3. The molecule has 1 aromatic carbocycles. The van der Waals surface area contributed by atoms with Crippen LogP contribution in [0.1, 0.15) is 38.2 Å². The number of benzene rings is 1. The van der Waals surface area contributed by atoms with Crippen LogP contribution in [0.25, 0.3) is 0 Å². The van der Waals surface area contributed by atoms with E-state index in [1.165, 1.54) is 0 Å². The molecule has 1 aromatic rings. The summed E-state index contributed by atoms with van der Waals surface area (Å²) < 4.78 is 24.7. The Morgan fingerprint density at radius 2 is 1.78 bits per heavy atom. The second-order valence-electron chi connectivity index (χ2n) is 4.88. The molecule has 1 fully saturated rings. The van der Waals surface area contributed by atoms with Crippen LogP contribution in [0.4, 0.5) is 0 Å². The normalized spacial score (nSPS) is 17.2. The molecular weight excluding hydrogens is 246 g/mol. The third-order valence-corrected chi connectivity index (χ3v) is 5.85. The van der Waals surface area contributed by atoms with Crippen LogP contribution in [-0.2, 0) is 16.4 Å². The monoisotopic (exact) mass is 267 g/mol. The molecule has 1 aliphatic carbocycles. The summed E-state index contributed by atoms with van der Waals surface area (Å²) in [4.78, 5) is 0.481. The van der Waals surface area contributed by atoms with Gasteiger partial charge < -0.3 is 5.32 Å². The Bertz CT molecular complexity index is 473. The number of nitrogens with one attached hydrogen (secondary N) is 1. The third kappa shape index (κ3) is 2.93. The molecule has 2 rings (SSSR count). The van der Waals surface area contributed by atoms with Gasteiger partial charge in [0.1, 0.15) is 0 Å². The van der Waals surface area contributed by atoms with Gasteiger partial charge in [-0.2, -0.15) is 0 Å². The van der Waals surface area contributed by atoms with Gasteiger partial charge >= 0.3 is 0 Å². The molecule has 3 nitrogen and oxygen atoms in total. The zero-order valence-corrected chi connectivity index (χ0v) is 11.7. The average Bonchev–Trinajstić information content (AvgIpc) is 2.91. The van der Waals surface area contributed by atoms with Crippen molar-refractivity contribution in [3.05, 3.63) is 29.8 Å². The SMILES string of the molecule is CCNCc1ccc(S(=O)(=O)C2CCCC2)cc1. The lowest BCUT2D eigenvalue weighted by atomic mass is 10.2. The lowest BCUT2D eigenvalue weighted by molar-refractivity contribution is 0.579. The van der Waals surface area contributed by atoms with E-state index >= 15 is 0 Å². The minimum absolute atomic E-state index is 0.155. The highest BCUT2D eigenvalue weighted by molar-refractivity contribution is 7.92. The van der Waals surface area contributed by atoms with Crippen molar-refractivity contribution < 1.29 is 8.42 Å². The minimum atomic E-state index is -3.10. The molecule has 0 amide bonds. The van der Waals surface area contributed by atoms with Crippen LogP contribution in [0.15, 0.2) is 29.2 Å². The highest BCUT2D eigenvalue weighted by Crippen LogP contribution is 2.29. The van der Waals surface area contributed by atoms with Crippen LogP contribution < -0.4 is 5.32 Å². The first-order chi connectivity index (χ1) is 8.64. The van der Waals surface area contributed by atoms with Crippen LogP contribution in [0.2, 0.25) is 0 Å². The summed E-state index contributed by atoms with van der Waals surface area (Å²) in [7, 11) is -3.10. The van der Waals surface area contributed by atoms with E-state index in [0.717, 1.165) is 44.3 Å². The Morgan fingerprint density at radius 3 is 2.33 bits per heavy atom. The minimum Gasteiger partial charge on any atom is -0.313 e. The third-order valence-electron chi connectivity index (χ3n) is 3.57. The van der Waals surface area contributed by atoms with Crippen molar-refractivity contribution >= 4 is 9.84 Å². The fourth-order valence-corrected chi connectivity index (χ4v) is 4.31. The van der Waals surface area contributed by atoms with Crippen LogP contribution >= 0.6 is 0 Å². The first-order valence-electron chi connectivity index (χ1n) is 6.68. The lowest BCUT2D eigenvalue weighted by Crippen LogP contribution is -2.18. The van der Waals surface area contributed by atoms with E-state index in [9.17, 15) is 8.42 Å². The van der Waals surface area contributed by atoms with Gasteiger partial charge in [-0.1, -0.05) is 31.9 Å². The van der Waals surface area contributed by atoms with Crippen molar-refractivity contribution in [1.82, 2.24) is 5.32 Å². The van der Waals surface area contributed by atoms with Gasteiger partial charge in [-0.05, 0) is 37.1 Å². The molecule has 1 aliphatic rings. The Morgan fingerprint density at radius 1 is 1.17 bits per heavy atom. The topological polar surface area (TPSA) is 46.2 Å². The summed E-state index contributed by atoms with van der Waals surface area (Å²) in [6, 6.07) is 7.32. The largest absolute Gasteiger partial charge is 0.313 e. The first kappa shape index (κ1) is 13.6. The number of sulfone groups is 1. The fraction of sp³-hybridized carbons (Fsp3) is 0.571. The highest BCUT2D eigenvalue weighted by Gasteiger charge is 2.29. The Balaban J connectivity index is 2.13. The van der Waals surface area contributed by atoms with Gasteiger partial charge in [0.05, 0.1) is 10.1 Å². The number of hydrogen-bond acceptors (Lipinski definition) is 3. The molecule has 0 spiro atoms. The summed E-state index contributed by atoms with van der Waals surface area (Å²) in [5.41, 5.74) is 1.13. The lowest BCUT2D eigenvalue weighted by Gasteiger charge is -2.11. The standard InChI is InChI=1S/C14H21NO2S/c1-2-15-11-12-7-9-14(10-8-12)18(16,17)13-5-3-4-6-13/h7-10,13,15H,2-6,11H2,1H3. The molecule has 1 N–H and O–H groups in total. The maximum absolute atomic E-state index is 12.3. The molecule has 100 valence electrons. The second-order valence-corrected chi connectivity index (χ2v) is 7.10. The van der Waals surface area contributed by atoms with Gasteiger partial charge in [-0.25, -0.2) is 8.42 Å². The van der Waals surface area contributed by atoms with Crippen LogP contribution in [0.5, 0.6) is 0 Å². The van der Waals surface area contributed by atoms with E-state index in [-0.39, 0.29) is 5.25 Å². The van der Waals surface area contributed by atoms with Gasteiger partial charge in [-0.3, -0.25) is 0 Å². The maximum Gasteiger partial charge on any atom is 0.181 e. The van der Waals surface area contributed by atoms with Crippen molar-refractivity contribution in [3.63, 3.8) is 0 Å². The van der Waals surface area contributed by atoms with Gasteiger partial charge in [0.2, 0.25) is 0 Å². The predicted octanol–water partition coefficient (Wildman–Crippen LogP) is 2.51. The van der Waals surface area contributed by atoms with Gasteiger partial charge in [-0.15, -0.1) is 0 Å². The van der Waals surface area contributed by atoms with Crippen LogP contribution in [-0.4, -0.2) is 20.2 Å². The number of rotatable bonds is 5. The highest BCUT2D eigenvalue weighted by atomic mass is 32.2. The van der Waals surface area contributed by atoms with E-state index in [1.807, 2.05) is 12.1 Å². The molecule has 0 aliphatic heterocycles. The summed E-state index contributed by atoms with van der Waals surface area (Å²) in [5, 5.41) is 3.07. The first-order valence-corrected chi connectivity index (χ1v) is 8.23. The molecule has 4 heteroatoms. The molecule has 18 heavy (non-hydrogen) atoms. The summed E-state index contributed by atoms with van der Waals surface area (Å²) in [5.74, 6) is 0.